The van der Waals surface area contributed by atoms with Crippen LogP contribution in [0.5, 0.6) is 0 Å². The largest absolute Gasteiger partial charge is 0.334 e. The minimum Gasteiger partial charge on any atom is -0.334 e. The van der Waals surface area contributed by atoms with Crippen molar-refractivity contribution in [3.63, 3.8) is 0 Å². The summed E-state index contributed by atoms with van der Waals surface area (Å²) in [6, 6.07) is 22.5. The summed E-state index contributed by atoms with van der Waals surface area (Å²) in [5.41, 5.74) is 3.40. The van der Waals surface area contributed by atoms with Gasteiger partial charge in [0.2, 0.25) is 0 Å². The minimum atomic E-state index is -0.156. The van der Waals surface area contributed by atoms with E-state index in [2.05, 4.69) is 47.9 Å². The third kappa shape index (κ3) is 3.93. The average molecular weight is 318 g/mol. The highest BCUT2D eigenvalue weighted by Gasteiger charge is 2.09. The van der Waals surface area contributed by atoms with Gasteiger partial charge in [-0.1, -0.05) is 66.2 Å². The monoisotopic (exact) mass is 318 g/mol. The quantitative estimate of drug-likeness (QED) is 0.719. The van der Waals surface area contributed by atoms with Crippen LogP contribution in [0.25, 0.3) is 10.8 Å². The van der Waals surface area contributed by atoms with Crippen LogP contribution in [0.2, 0.25) is 0 Å². The summed E-state index contributed by atoms with van der Waals surface area (Å²) in [5.74, 6) is 0. The highest BCUT2D eigenvalue weighted by Crippen LogP contribution is 2.20. The Bertz CT molecular complexity index is 840. The number of carbonyl (C=O) groups is 1. The van der Waals surface area contributed by atoms with Gasteiger partial charge in [-0.15, -0.1) is 0 Å². The predicted octanol–water partition coefficient (Wildman–Crippen LogP) is 4.71. The number of aryl methyl sites for hydroxylation is 1. The second-order valence-electron chi connectivity index (χ2n) is 6.14. The maximum absolute atomic E-state index is 12.1. The number of hydrogen-bond acceptors (Lipinski definition) is 1. The standard InChI is InChI=1S/C21H22N2O/c1-15-7-9-17(10-8-15)14-22-21(24)23-16(2)19-12-11-18-5-3-4-6-20(18)13-19/h3-13,16H,14H2,1-2H3,(H2,22,23,24). The fourth-order valence-corrected chi connectivity index (χ4v) is 2.70. The van der Waals surface area contributed by atoms with Gasteiger partial charge in [0.25, 0.3) is 0 Å². The van der Waals surface area contributed by atoms with Gasteiger partial charge in [-0.2, -0.15) is 0 Å². The Labute approximate surface area is 142 Å². The van der Waals surface area contributed by atoms with Gasteiger partial charge in [-0.05, 0) is 41.8 Å². The first-order valence-electron chi connectivity index (χ1n) is 8.20. The van der Waals surface area contributed by atoms with Gasteiger partial charge in [0, 0.05) is 6.54 Å². The van der Waals surface area contributed by atoms with Crippen molar-refractivity contribution < 1.29 is 4.79 Å². The van der Waals surface area contributed by atoms with Crippen LogP contribution in [0.15, 0.2) is 66.7 Å². The van der Waals surface area contributed by atoms with Gasteiger partial charge in [0.1, 0.15) is 0 Å². The summed E-state index contributed by atoms with van der Waals surface area (Å²) in [4.78, 5) is 12.1. The maximum atomic E-state index is 12.1. The molecule has 24 heavy (non-hydrogen) atoms. The van der Waals surface area contributed by atoms with E-state index in [0.29, 0.717) is 6.54 Å². The molecule has 0 spiro atoms. The van der Waals surface area contributed by atoms with Crippen molar-refractivity contribution in [2.75, 3.05) is 0 Å². The number of amides is 2. The van der Waals surface area contributed by atoms with Gasteiger partial charge < -0.3 is 10.6 Å². The molecular formula is C21H22N2O. The fourth-order valence-electron chi connectivity index (χ4n) is 2.70. The van der Waals surface area contributed by atoms with E-state index >= 15 is 0 Å². The average Bonchev–Trinajstić information content (AvgIpc) is 2.61. The highest BCUT2D eigenvalue weighted by molar-refractivity contribution is 5.83. The normalized spacial score (nSPS) is 11.9. The number of urea groups is 1. The highest BCUT2D eigenvalue weighted by atomic mass is 16.2. The zero-order valence-corrected chi connectivity index (χ0v) is 14.0. The van der Waals surface area contributed by atoms with Crippen molar-refractivity contribution in [1.29, 1.82) is 0 Å². The SMILES string of the molecule is Cc1ccc(CNC(=O)NC(C)c2ccc3ccccc3c2)cc1. The van der Waals surface area contributed by atoms with Gasteiger partial charge in [0.15, 0.2) is 0 Å². The molecule has 3 nitrogen and oxygen atoms in total. The molecule has 0 fully saturated rings. The Kier molecular flexibility index (Phi) is 4.80. The number of hydrogen-bond donors (Lipinski definition) is 2. The predicted molar refractivity (Wildman–Crippen MR) is 98.9 cm³/mol. The van der Waals surface area contributed by atoms with E-state index in [1.54, 1.807) is 0 Å². The minimum absolute atomic E-state index is 0.0485. The summed E-state index contributed by atoms with van der Waals surface area (Å²) in [7, 11) is 0. The van der Waals surface area contributed by atoms with Gasteiger partial charge in [-0.3, -0.25) is 0 Å². The molecule has 1 unspecified atom stereocenters. The summed E-state index contributed by atoms with van der Waals surface area (Å²) in [6.07, 6.45) is 0. The lowest BCUT2D eigenvalue weighted by Gasteiger charge is -2.16. The van der Waals surface area contributed by atoms with E-state index in [1.807, 2.05) is 43.3 Å². The number of benzene rings is 3. The fraction of sp³-hybridized carbons (Fsp3) is 0.190. The van der Waals surface area contributed by atoms with E-state index in [4.69, 9.17) is 0 Å². The molecule has 0 saturated heterocycles. The maximum Gasteiger partial charge on any atom is 0.315 e. The first kappa shape index (κ1) is 16.1. The van der Waals surface area contributed by atoms with Crippen LogP contribution in [0.3, 0.4) is 0 Å². The smallest absolute Gasteiger partial charge is 0.315 e. The van der Waals surface area contributed by atoms with Crippen LogP contribution >= 0.6 is 0 Å². The van der Waals surface area contributed by atoms with Crippen LogP contribution in [0.4, 0.5) is 4.79 Å². The summed E-state index contributed by atoms with van der Waals surface area (Å²) in [5, 5.41) is 8.29. The first-order valence-corrected chi connectivity index (χ1v) is 8.20. The lowest BCUT2D eigenvalue weighted by Crippen LogP contribution is -2.36. The lowest BCUT2D eigenvalue weighted by atomic mass is 10.0. The van der Waals surface area contributed by atoms with E-state index < -0.39 is 0 Å². The zero-order valence-electron chi connectivity index (χ0n) is 14.0. The molecular weight excluding hydrogens is 296 g/mol. The van der Waals surface area contributed by atoms with Crippen molar-refractivity contribution in [3.8, 4) is 0 Å². The van der Waals surface area contributed by atoms with Crippen LogP contribution < -0.4 is 10.6 Å². The first-order chi connectivity index (χ1) is 11.6. The number of fused-ring (bicyclic) bond motifs is 1. The van der Waals surface area contributed by atoms with E-state index in [1.165, 1.54) is 16.3 Å². The molecule has 0 aliphatic rings. The molecule has 0 radical (unpaired) electrons. The lowest BCUT2D eigenvalue weighted by molar-refractivity contribution is 0.237. The molecule has 3 heteroatoms. The van der Waals surface area contributed by atoms with Crippen molar-refractivity contribution >= 4 is 16.8 Å². The molecule has 0 saturated carbocycles. The molecule has 0 bridgehead atoms. The molecule has 1 atom stereocenters. The molecule has 3 aromatic rings. The molecule has 0 aromatic heterocycles. The molecule has 3 aromatic carbocycles. The number of carbonyl (C=O) groups excluding carboxylic acids is 1. The Morgan fingerprint density at radius 1 is 0.958 bits per heavy atom. The molecule has 122 valence electrons. The molecule has 0 aliphatic heterocycles. The Hall–Kier alpha value is -2.81. The van der Waals surface area contributed by atoms with Gasteiger partial charge >= 0.3 is 6.03 Å². The van der Waals surface area contributed by atoms with Crippen LogP contribution in [-0.2, 0) is 6.54 Å². The van der Waals surface area contributed by atoms with Crippen molar-refractivity contribution in [3.05, 3.63) is 83.4 Å². The topological polar surface area (TPSA) is 41.1 Å². The van der Waals surface area contributed by atoms with Gasteiger partial charge in [0.05, 0.1) is 6.04 Å². The summed E-state index contributed by atoms with van der Waals surface area (Å²) in [6.45, 7) is 4.57. The second kappa shape index (κ2) is 7.18. The summed E-state index contributed by atoms with van der Waals surface area (Å²) < 4.78 is 0. The Morgan fingerprint density at radius 2 is 1.67 bits per heavy atom. The third-order valence-electron chi connectivity index (χ3n) is 4.19. The molecule has 2 N–H and O–H groups in total. The Balaban J connectivity index is 1.59. The molecule has 2 amide bonds. The molecule has 3 rings (SSSR count). The van der Waals surface area contributed by atoms with Crippen molar-refractivity contribution in [2.24, 2.45) is 0 Å². The summed E-state index contributed by atoms with van der Waals surface area (Å²) >= 11 is 0. The van der Waals surface area contributed by atoms with E-state index in [-0.39, 0.29) is 12.1 Å². The van der Waals surface area contributed by atoms with E-state index in [0.717, 1.165) is 11.1 Å². The number of rotatable bonds is 4. The van der Waals surface area contributed by atoms with Crippen molar-refractivity contribution in [2.45, 2.75) is 26.4 Å². The second-order valence-corrected chi connectivity index (χ2v) is 6.14. The van der Waals surface area contributed by atoms with Crippen LogP contribution in [0.1, 0.15) is 29.7 Å². The van der Waals surface area contributed by atoms with Crippen molar-refractivity contribution in [1.82, 2.24) is 10.6 Å². The molecule has 0 aliphatic carbocycles. The number of nitrogens with one attached hydrogen (secondary N) is 2. The molecule has 0 heterocycles. The van der Waals surface area contributed by atoms with E-state index in [9.17, 15) is 4.79 Å². The van der Waals surface area contributed by atoms with Crippen LogP contribution in [-0.4, -0.2) is 6.03 Å². The Morgan fingerprint density at radius 3 is 2.42 bits per heavy atom. The third-order valence-corrected chi connectivity index (χ3v) is 4.19. The zero-order chi connectivity index (χ0) is 16.9. The van der Waals surface area contributed by atoms with Gasteiger partial charge in [-0.25, -0.2) is 4.79 Å². The van der Waals surface area contributed by atoms with Crippen LogP contribution in [0, 0.1) is 6.92 Å².